The van der Waals surface area contributed by atoms with Gasteiger partial charge in [0.15, 0.2) is 0 Å². The van der Waals surface area contributed by atoms with Crippen molar-refractivity contribution in [3.8, 4) is 45.3 Å². The summed E-state index contributed by atoms with van der Waals surface area (Å²) in [7, 11) is 0. The Balaban J connectivity index is 0.785. The maximum Gasteiger partial charge on any atom is 0.137 e. The number of fused-ring (bicyclic) bond motifs is 9. The molecule has 0 bridgehead atoms. The number of nitrogens with zero attached hydrogens (tertiary/aromatic N) is 2. The fraction of sp³-hybridized carbons (Fsp3) is 0.0222. The van der Waals surface area contributed by atoms with Gasteiger partial charge in [-0.05, 0) is 212 Å². The maximum atomic E-state index is 17.1. The second kappa shape index (κ2) is 24.2. The van der Waals surface area contributed by atoms with E-state index in [4.69, 9.17) is 13.9 Å². The van der Waals surface area contributed by atoms with Crippen LogP contribution in [0.3, 0.4) is 0 Å². The number of ether oxygens (including phenoxy) is 2. The SMILES string of the molecule is C=Cc1ccc(Oc2ccc(C3(c4c(F)cccc4F)c4ccccc4-c4ccc(N(c5ccccc5)c5ccc6c(c5)oc5cc(N(c7ccccc7)c7ccc8c(c7)C(c7ccc(Oc9ccc(C=C)cc9)cc7)(c7c(F)cccc7F)c7ccccc7-8)ccc56)cc43)cc2)cc1. The Hall–Kier alpha value is -12.7. The van der Waals surface area contributed by atoms with Crippen LogP contribution in [0.5, 0.6) is 23.0 Å². The van der Waals surface area contributed by atoms with Gasteiger partial charge in [-0.3, -0.25) is 0 Å². The van der Waals surface area contributed by atoms with Crippen LogP contribution in [-0.2, 0) is 10.8 Å². The minimum Gasteiger partial charge on any atom is -0.457 e. The molecular formula is C90H58F4N2O3. The van der Waals surface area contributed by atoms with Crippen molar-refractivity contribution in [2.75, 3.05) is 9.80 Å². The topological polar surface area (TPSA) is 38.1 Å². The molecule has 2 unspecified atom stereocenters. The van der Waals surface area contributed by atoms with Crippen molar-refractivity contribution in [2.45, 2.75) is 10.8 Å². The molecule has 2 atom stereocenters. The Labute approximate surface area is 569 Å². The van der Waals surface area contributed by atoms with E-state index in [1.165, 1.54) is 36.4 Å². The van der Waals surface area contributed by atoms with Crippen molar-refractivity contribution < 1.29 is 31.5 Å². The van der Waals surface area contributed by atoms with Gasteiger partial charge in [0.25, 0.3) is 0 Å². The van der Waals surface area contributed by atoms with Gasteiger partial charge in [0.2, 0.25) is 0 Å². The Bertz CT molecular complexity index is 5270. The lowest BCUT2D eigenvalue weighted by Crippen LogP contribution is -2.31. The van der Waals surface area contributed by atoms with Crippen molar-refractivity contribution in [1.29, 1.82) is 0 Å². The number of anilines is 6. The molecule has 0 amide bonds. The van der Waals surface area contributed by atoms with Crippen LogP contribution in [0.2, 0.25) is 0 Å². The minimum atomic E-state index is -1.47. The molecule has 1 aromatic heterocycles. The number of rotatable bonds is 16. The second-order valence-electron chi connectivity index (χ2n) is 24.8. The fourth-order valence-electron chi connectivity index (χ4n) is 15.2. The standard InChI is InChI=1S/C90H58F4N2O3/c1-3-57-29-41-67(42-30-57)97-69-45-33-59(34-46-69)89(87-81(91)25-15-26-82(87)92)77-23-13-11-21-71(77)73-49-37-63(53-79(73)89)95(61-17-7-5-8-18-61)65-39-51-75-76-52-40-66(56-86(76)99-85(75)55-65)96(62-19-9-6-10-20-62)64-38-50-74-72-22-12-14-24-78(72)90(80(74)54-64,88-83(93)27-16-28-84(88)94)60-35-47-70(48-36-60)98-68-43-31-58(4-2)32-44-68/h3-56H,1-2H2. The highest BCUT2D eigenvalue weighted by Crippen LogP contribution is 2.61. The monoisotopic (exact) mass is 1290 g/mol. The molecule has 0 N–H and O–H groups in total. The van der Waals surface area contributed by atoms with Crippen molar-refractivity contribution in [2.24, 2.45) is 0 Å². The van der Waals surface area contributed by atoms with Crippen LogP contribution in [-0.4, -0.2) is 0 Å². The van der Waals surface area contributed by atoms with Gasteiger partial charge in [-0.2, -0.15) is 0 Å². The van der Waals surface area contributed by atoms with Crippen LogP contribution >= 0.6 is 0 Å². The van der Waals surface area contributed by atoms with Crippen LogP contribution in [0.1, 0.15) is 55.6 Å². The largest absolute Gasteiger partial charge is 0.457 e. The first kappa shape index (κ1) is 60.0. The normalized spacial score (nSPS) is 14.8. The van der Waals surface area contributed by atoms with Crippen molar-refractivity contribution >= 4 is 68.2 Å². The zero-order valence-electron chi connectivity index (χ0n) is 53.2. The summed E-state index contributed by atoms with van der Waals surface area (Å²) >= 11 is 0. The van der Waals surface area contributed by atoms with E-state index in [1.54, 1.807) is 12.2 Å². The van der Waals surface area contributed by atoms with Crippen LogP contribution in [0, 0.1) is 23.3 Å². The Kier molecular flexibility index (Phi) is 14.6. The van der Waals surface area contributed by atoms with Gasteiger partial charge in [-0.1, -0.05) is 183 Å². The molecule has 474 valence electrons. The molecule has 5 nitrogen and oxygen atoms in total. The third-order valence-electron chi connectivity index (χ3n) is 19.5. The van der Waals surface area contributed by atoms with Crippen LogP contribution in [0.25, 0.3) is 56.3 Å². The number of hydrogen-bond acceptors (Lipinski definition) is 5. The molecule has 0 saturated heterocycles. The Morgan fingerprint density at radius 2 is 0.616 bits per heavy atom. The number of para-hydroxylation sites is 2. The molecule has 0 saturated carbocycles. The van der Waals surface area contributed by atoms with Crippen LogP contribution in [0.15, 0.2) is 333 Å². The number of hydrogen-bond donors (Lipinski definition) is 0. The van der Waals surface area contributed by atoms with Crippen molar-refractivity contribution in [1.82, 2.24) is 0 Å². The smallest absolute Gasteiger partial charge is 0.137 e. The third-order valence-corrected chi connectivity index (χ3v) is 19.5. The molecule has 0 radical (unpaired) electrons. The summed E-state index contributed by atoms with van der Waals surface area (Å²) in [6.45, 7) is 7.74. The van der Waals surface area contributed by atoms with Crippen LogP contribution in [0.4, 0.5) is 51.7 Å². The summed E-state index contributed by atoms with van der Waals surface area (Å²) in [6, 6.07) is 98.8. The second-order valence-corrected chi connectivity index (χ2v) is 24.8. The zero-order valence-corrected chi connectivity index (χ0v) is 53.2. The quantitative estimate of drug-likeness (QED) is 0.0902. The van der Waals surface area contributed by atoms with Gasteiger partial charge >= 0.3 is 0 Å². The molecule has 14 aromatic carbocycles. The molecule has 2 aliphatic rings. The van der Waals surface area contributed by atoms with Gasteiger partial charge in [0.1, 0.15) is 57.4 Å². The van der Waals surface area contributed by atoms with E-state index < -0.39 is 34.1 Å². The molecule has 9 heteroatoms. The number of benzene rings is 14. The molecule has 99 heavy (non-hydrogen) atoms. The molecule has 0 aliphatic heterocycles. The molecule has 15 aromatic rings. The van der Waals surface area contributed by atoms with Gasteiger partial charge in [-0.15, -0.1) is 0 Å². The average Bonchev–Trinajstić information content (AvgIpc) is 1.56. The zero-order chi connectivity index (χ0) is 66.9. The van der Waals surface area contributed by atoms with E-state index in [9.17, 15) is 0 Å². The maximum absolute atomic E-state index is 17.1. The van der Waals surface area contributed by atoms with E-state index in [1.807, 2.05) is 218 Å². The van der Waals surface area contributed by atoms with Gasteiger partial charge in [0, 0.05) is 68.2 Å². The summed E-state index contributed by atoms with van der Waals surface area (Å²) in [6.07, 6.45) is 3.54. The first-order valence-electron chi connectivity index (χ1n) is 32.7. The molecular weight excluding hydrogens is 1230 g/mol. The van der Waals surface area contributed by atoms with Gasteiger partial charge < -0.3 is 23.7 Å². The highest BCUT2D eigenvalue weighted by molar-refractivity contribution is 6.07. The Morgan fingerprint density at radius 1 is 0.293 bits per heavy atom. The molecule has 17 rings (SSSR count). The lowest BCUT2D eigenvalue weighted by atomic mass is 9.67. The predicted molar refractivity (Wildman–Crippen MR) is 391 cm³/mol. The van der Waals surface area contributed by atoms with E-state index >= 15 is 17.6 Å². The van der Waals surface area contributed by atoms with Crippen molar-refractivity contribution in [3.05, 3.63) is 408 Å². The first-order valence-corrected chi connectivity index (χ1v) is 32.7. The number of furan rings is 1. The Morgan fingerprint density at radius 3 is 0.990 bits per heavy atom. The van der Waals surface area contributed by atoms with Crippen molar-refractivity contribution in [3.63, 3.8) is 0 Å². The summed E-state index contributed by atoms with van der Waals surface area (Å²) < 4.78 is 88.2. The van der Waals surface area contributed by atoms with E-state index in [0.717, 1.165) is 89.4 Å². The van der Waals surface area contributed by atoms with E-state index in [2.05, 4.69) is 83.6 Å². The van der Waals surface area contributed by atoms with Gasteiger partial charge in [-0.25, -0.2) is 17.6 Å². The van der Waals surface area contributed by atoms with Crippen LogP contribution < -0.4 is 19.3 Å². The lowest BCUT2D eigenvalue weighted by molar-refractivity contribution is 0.481. The molecule has 2 aliphatic carbocycles. The highest BCUT2D eigenvalue weighted by atomic mass is 19.1. The average molecular weight is 1290 g/mol. The molecule has 0 spiro atoms. The lowest BCUT2D eigenvalue weighted by Gasteiger charge is -2.35. The fourth-order valence-corrected chi connectivity index (χ4v) is 15.2. The minimum absolute atomic E-state index is 0.0881. The first-order chi connectivity index (χ1) is 48.6. The summed E-state index contributed by atoms with van der Waals surface area (Å²) in [5.41, 5.74) is 12.3. The summed E-state index contributed by atoms with van der Waals surface area (Å²) in [5.74, 6) is -0.326. The molecule has 1 heterocycles. The summed E-state index contributed by atoms with van der Waals surface area (Å²) in [4.78, 5) is 4.28. The van der Waals surface area contributed by atoms with E-state index in [-0.39, 0.29) is 11.1 Å². The van der Waals surface area contributed by atoms with Gasteiger partial charge in [0.05, 0.1) is 10.8 Å². The third kappa shape index (κ3) is 9.83. The predicted octanol–water partition coefficient (Wildman–Crippen LogP) is 24.7. The van der Waals surface area contributed by atoms with E-state index in [0.29, 0.717) is 56.4 Å². The summed E-state index contributed by atoms with van der Waals surface area (Å²) in [5, 5.41) is 1.77. The highest BCUT2D eigenvalue weighted by Gasteiger charge is 2.51. The molecule has 0 fully saturated rings. The number of halogens is 4.